The van der Waals surface area contributed by atoms with Gasteiger partial charge < -0.3 is 0 Å². The molecule has 0 saturated heterocycles. The van der Waals surface area contributed by atoms with E-state index in [2.05, 4.69) is 10.2 Å². The number of hydrogen-bond donors (Lipinski definition) is 0. The van der Waals surface area contributed by atoms with E-state index in [4.69, 9.17) is 28.9 Å². The minimum absolute atomic E-state index is 0.0934. The minimum Gasteiger partial charge on any atom is -0.280 e. The smallest absolute Gasteiger partial charge is 0.187 e. The Balaban J connectivity index is 3.25. The van der Waals surface area contributed by atoms with Crippen molar-refractivity contribution in [3.8, 4) is 0 Å². The highest BCUT2D eigenvalue weighted by Crippen LogP contribution is 2.24. The molecule has 0 unspecified atom stereocenters. The fourth-order valence-corrected chi connectivity index (χ4v) is 0.571. The fourth-order valence-electron chi connectivity index (χ4n) is 0.351. The highest BCUT2D eigenvalue weighted by atomic mass is 35.5. The lowest BCUT2D eigenvalue weighted by molar-refractivity contribution is 1.02. The predicted octanol–water partition coefficient (Wildman–Crippen LogP) is 1.70. The van der Waals surface area contributed by atoms with Gasteiger partial charge in [0.25, 0.3) is 0 Å². The van der Waals surface area contributed by atoms with Gasteiger partial charge in [0, 0.05) is 0 Å². The first kappa shape index (κ1) is 6.58. The van der Waals surface area contributed by atoms with E-state index in [1.54, 1.807) is 0 Å². The van der Waals surface area contributed by atoms with Crippen molar-refractivity contribution in [1.29, 1.82) is 0 Å². The van der Waals surface area contributed by atoms with Crippen molar-refractivity contribution < 1.29 is 0 Å². The highest BCUT2D eigenvalue weighted by molar-refractivity contribution is 6.43. The molecule has 1 rings (SSSR count). The first-order valence-electron chi connectivity index (χ1n) is 2.10. The Bertz CT molecular complexity index is 205. The SMILES string of the molecule is [NH]c1nncc(Cl)c1Cl. The van der Waals surface area contributed by atoms with Gasteiger partial charge >= 0.3 is 0 Å². The van der Waals surface area contributed by atoms with E-state index in [1.807, 2.05) is 0 Å². The Morgan fingerprint density at radius 3 is 2.56 bits per heavy atom. The van der Waals surface area contributed by atoms with Gasteiger partial charge in [-0.05, 0) is 0 Å². The van der Waals surface area contributed by atoms with Crippen LogP contribution in [0.25, 0.3) is 0 Å². The molecule has 0 atom stereocenters. The number of halogens is 2. The van der Waals surface area contributed by atoms with Gasteiger partial charge in [-0.3, -0.25) is 5.73 Å². The van der Waals surface area contributed by atoms with Crippen molar-refractivity contribution in [2.24, 2.45) is 0 Å². The van der Waals surface area contributed by atoms with Gasteiger partial charge in [0.2, 0.25) is 0 Å². The molecular formula is C4H2Cl2N3. The molecule has 5 heteroatoms. The van der Waals surface area contributed by atoms with Gasteiger partial charge in [0.05, 0.1) is 11.2 Å². The van der Waals surface area contributed by atoms with E-state index in [0.717, 1.165) is 0 Å². The van der Waals surface area contributed by atoms with Crippen LogP contribution in [0, 0.1) is 0 Å². The maximum atomic E-state index is 6.97. The Kier molecular flexibility index (Phi) is 1.73. The summed E-state index contributed by atoms with van der Waals surface area (Å²) in [6, 6.07) is 0. The average Bonchev–Trinajstić information content (AvgIpc) is 1.83. The second-order valence-corrected chi connectivity index (χ2v) is 2.14. The topological polar surface area (TPSA) is 49.6 Å². The summed E-state index contributed by atoms with van der Waals surface area (Å²) >= 11 is 10.9. The van der Waals surface area contributed by atoms with E-state index in [1.165, 1.54) is 6.20 Å². The van der Waals surface area contributed by atoms with Crippen molar-refractivity contribution in [2.45, 2.75) is 0 Å². The van der Waals surface area contributed by atoms with Crippen LogP contribution in [0.15, 0.2) is 6.20 Å². The van der Waals surface area contributed by atoms with Crippen LogP contribution in [0.2, 0.25) is 10.0 Å². The van der Waals surface area contributed by atoms with E-state index in [9.17, 15) is 0 Å². The zero-order chi connectivity index (χ0) is 6.85. The number of aromatic nitrogens is 2. The Morgan fingerprint density at radius 1 is 1.44 bits per heavy atom. The van der Waals surface area contributed by atoms with Gasteiger partial charge in [0.1, 0.15) is 5.02 Å². The third-order valence-electron chi connectivity index (χ3n) is 0.746. The summed E-state index contributed by atoms with van der Waals surface area (Å²) < 4.78 is 0. The minimum atomic E-state index is -0.0934. The number of hydrogen-bond acceptors (Lipinski definition) is 2. The molecule has 0 amide bonds. The quantitative estimate of drug-likeness (QED) is 0.584. The Morgan fingerprint density at radius 2 is 2.11 bits per heavy atom. The standard InChI is InChI=1S/C4H2Cl2N3/c5-2-1-8-9-4(7)3(2)6/h1,7H. The Labute approximate surface area is 61.8 Å². The maximum absolute atomic E-state index is 6.97. The lowest BCUT2D eigenvalue weighted by atomic mass is 10.5. The molecule has 1 heterocycles. The normalized spacial score (nSPS) is 9.56. The molecular weight excluding hydrogens is 161 g/mol. The number of rotatable bonds is 0. The summed E-state index contributed by atoms with van der Waals surface area (Å²) in [4.78, 5) is 0. The molecule has 0 fully saturated rings. The van der Waals surface area contributed by atoms with Crippen molar-refractivity contribution in [2.75, 3.05) is 0 Å². The monoisotopic (exact) mass is 162 g/mol. The molecule has 0 bridgehead atoms. The molecule has 0 aliphatic heterocycles. The molecule has 3 nitrogen and oxygen atoms in total. The maximum Gasteiger partial charge on any atom is 0.187 e. The van der Waals surface area contributed by atoms with Gasteiger partial charge in [-0.25, -0.2) is 0 Å². The summed E-state index contributed by atoms with van der Waals surface area (Å²) in [6.07, 6.45) is 1.29. The number of nitrogens with one attached hydrogen (secondary N) is 1. The molecule has 1 aromatic heterocycles. The third kappa shape index (κ3) is 1.23. The predicted molar refractivity (Wildman–Crippen MR) is 34.8 cm³/mol. The van der Waals surface area contributed by atoms with Crippen molar-refractivity contribution in [3.63, 3.8) is 0 Å². The van der Waals surface area contributed by atoms with E-state index < -0.39 is 0 Å². The molecule has 1 aromatic rings. The van der Waals surface area contributed by atoms with Crippen LogP contribution < -0.4 is 5.73 Å². The lowest BCUT2D eigenvalue weighted by Crippen LogP contribution is -1.83. The third-order valence-corrected chi connectivity index (χ3v) is 1.51. The fraction of sp³-hybridized carbons (Fsp3) is 0. The zero-order valence-corrected chi connectivity index (χ0v) is 5.74. The summed E-state index contributed by atoms with van der Waals surface area (Å²) in [6.45, 7) is 0. The van der Waals surface area contributed by atoms with E-state index in [0.29, 0.717) is 0 Å². The van der Waals surface area contributed by atoms with Crippen LogP contribution in [0.5, 0.6) is 0 Å². The van der Waals surface area contributed by atoms with Crippen molar-refractivity contribution in [3.05, 3.63) is 16.2 Å². The average molecular weight is 163 g/mol. The van der Waals surface area contributed by atoms with Crippen LogP contribution in [-0.2, 0) is 0 Å². The van der Waals surface area contributed by atoms with Gasteiger partial charge in [0.15, 0.2) is 5.82 Å². The second-order valence-electron chi connectivity index (χ2n) is 1.36. The molecule has 0 aliphatic carbocycles. The molecule has 47 valence electrons. The van der Waals surface area contributed by atoms with Crippen molar-refractivity contribution in [1.82, 2.24) is 15.9 Å². The Hall–Kier alpha value is -0.540. The lowest BCUT2D eigenvalue weighted by Gasteiger charge is -1.92. The van der Waals surface area contributed by atoms with Crippen LogP contribution in [-0.4, -0.2) is 10.2 Å². The molecule has 1 N–H and O–H groups in total. The summed E-state index contributed by atoms with van der Waals surface area (Å²) in [5, 5.41) is 7.14. The van der Waals surface area contributed by atoms with Crippen LogP contribution in [0.1, 0.15) is 0 Å². The molecule has 9 heavy (non-hydrogen) atoms. The first-order chi connectivity index (χ1) is 4.22. The van der Waals surface area contributed by atoms with Crippen molar-refractivity contribution >= 4 is 29.0 Å². The van der Waals surface area contributed by atoms with E-state index in [-0.39, 0.29) is 15.9 Å². The largest absolute Gasteiger partial charge is 0.280 e. The summed E-state index contributed by atoms with van der Waals surface area (Å²) in [5.41, 5.74) is 6.97. The summed E-state index contributed by atoms with van der Waals surface area (Å²) in [7, 11) is 0. The number of nitrogens with zero attached hydrogens (tertiary/aromatic N) is 2. The highest BCUT2D eigenvalue weighted by Gasteiger charge is 2.01. The second kappa shape index (κ2) is 2.37. The molecule has 1 radical (unpaired) electrons. The molecule has 0 aliphatic rings. The molecule has 0 spiro atoms. The van der Waals surface area contributed by atoms with Crippen LogP contribution in [0.4, 0.5) is 5.82 Å². The zero-order valence-electron chi connectivity index (χ0n) is 4.23. The molecule has 0 aromatic carbocycles. The molecule has 0 saturated carbocycles. The van der Waals surface area contributed by atoms with Crippen LogP contribution in [0.3, 0.4) is 0 Å². The van der Waals surface area contributed by atoms with Gasteiger partial charge in [-0.2, -0.15) is 5.10 Å². The van der Waals surface area contributed by atoms with Gasteiger partial charge in [-0.1, -0.05) is 23.2 Å². The summed E-state index contributed by atoms with van der Waals surface area (Å²) in [5.74, 6) is -0.0934. The first-order valence-corrected chi connectivity index (χ1v) is 2.85. The van der Waals surface area contributed by atoms with Crippen LogP contribution >= 0.6 is 23.2 Å². The van der Waals surface area contributed by atoms with Gasteiger partial charge in [-0.15, -0.1) is 5.10 Å². The van der Waals surface area contributed by atoms with E-state index >= 15 is 0 Å².